The van der Waals surface area contributed by atoms with Crippen LogP contribution in [-0.2, 0) is 0 Å². The van der Waals surface area contributed by atoms with Gasteiger partial charge in [-0.2, -0.15) is 0 Å². The van der Waals surface area contributed by atoms with Crippen molar-refractivity contribution in [3.05, 3.63) is 0 Å². The minimum Gasteiger partial charge on any atom is -0.313 e. The minimum atomic E-state index is 0.517. The molecule has 0 unspecified atom stereocenters. The largest absolute Gasteiger partial charge is 0.313 e. The maximum atomic E-state index is 3.89. The quantitative estimate of drug-likeness (QED) is 0.701. The topological polar surface area (TPSA) is 12.0 Å². The van der Waals surface area contributed by atoms with Crippen LogP contribution in [0, 0.1) is 22.7 Å². The lowest BCUT2D eigenvalue weighted by molar-refractivity contribution is 0.0665. The van der Waals surface area contributed by atoms with Gasteiger partial charge in [0.1, 0.15) is 0 Å². The van der Waals surface area contributed by atoms with Crippen molar-refractivity contribution >= 4 is 0 Å². The lowest BCUT2D eigenvalue weighted by atomic mass is 9.61. The van der Waals surface area contributed by atoms with Crippen LogP contribution in [0.1, 0.15) is 91.4 Å². The molecular formula is C20H37N. The third-order valence-electron chi connectivity index (χ3n) is 6.81. The third kappa shape index (κ3) is 4.24. The summed E-state index contributed by atoms with van der Waals surface area (Å²) in [5.41, 5.74) is 1.17. The van der Waals surface area contributed by atoms with Gasteiger partial charge in [0.2, 0.25) is 0 Å². The van der Waals surface area contributed by atoms with Crippen LogP contribution >= 0.6 is 0 Å². The Bertz CT molecular complexity index is 322. The zero-order valence-corrected chi connectivity index (χ0v) is 14.7. The molecule has 0 radical (unpaired) electrons. The molecule has 3 rings (SSSR count). The molecule has 3 aliphatic carbocycles. The molecule has 0 aromatic carbocycles. The Morgan fingerprint density at radius 1 is 0.905 bits per heavy atom. The Morgan fingerprint density at radius 2 is 1.52 bits per heavy atom. The van der Waals surface area contributed by atoms with Crippen LogP contribution in [0.15, 0.2) is 0 Å². The summed E-state index contributed by atoms with van der Waals surface area (Å²) in [5.74, 6) is 2.01. The second-order valence-electron chi connectivity index (χ2n) is 9.65. The number of hydrogen-bond acceptors (Lipinski definition) is 1. The second kappa shape index (κ2) is 6.22. The monoisotopic (exact) mass is 291 g/mol. The normalized spacial score (nSPS) is 35.3. The van der Waals surface area contributed by atoms with Gasteiger partial charge in [0.05, 0.1) is 0 Å². The first-order chi connectivity index (χ1) is 9.97. The number of nitrogens with one attached hydrogen (secondary N) is 1. The molecule has 1 N–H and O–H groups in total. The van der Waals surface area contributed by atoms with Gasteiger partial charge in [-0.25, -0.2) is 0 Å². The Balaban J connectivity index is 1.59. The molecule has 0 atom stereocenters. The van der Waals surface area contributed by atoms with Crippen LogP contribution < -0.4 is 5.32 Å². The van der Waals surface area contributed by atoms with Gasteiger partial charge < -0.3 is 5.32 Å². The predicted octanol–water partition coefficient (Wildman–Crippen LogP) is 5.54. The van der Waals surface area contributed by atoms with E-state index in [-0.39, 0.29) is 0 Å². The van der Waals surface area contributed by atoms with Crippen molar-refractivity contribution in [3.63, 3.8) is 0 Å². The van der Waals surface area contributed by atoms with E-state index in [1.165, 1.54) is 77.2 Å². The van der Waals surface area contributed by atoms with Crippen LogP contribution in [0.25, 0.3) is 0 Å². The summed E-state index contributed by atoms with van der Waals surface area (Å²) < 4.78 is 0. The minimum absolute atomic E-state index is 0.517. The predicted molar refractivity (Wildman–Crippen MR) is 91.4 cm³/mol. The molecule has 3 aliphatic rings. The molecule has 1 heteroatoms. The van der Waals surface area contributed by atoms with E-state index in [4.69, 9.17) is 0 Å². The van der Waals surface area contributed by atoms with Crippen LogP contribution in [-0.4, -0.2) is 12.6 Å². The van der Waals surface area contributed by atoms with E-state index in [9.17, 15) is 0 Å². The van der Waals surface area contributed by atoms with Crippen molar-refractivity contribution < 1.29 is 0 Å². The summed E-state index contributed by atoms with van der Waals surface area (Å²) in [4.78, 5) is 0. The van der Waals surface area contributed by atoms with Gasteiger partial charge in [-0.15, -0.1) is 0 Å². The van der Waals surface area contributed by atoms with E-state index >= 15 is 0 Å². The fraction of sp³-hybridized carbons (Fsp3) is 1.00. The summed E-state index contributed by atoms with van der Waals surface area (Å²) >= 11 is 0. The summed E-state index contributed by atoms with van der Waals surface area (Å²) in [5, 5.41) is 3.89. The maximum absolute atomic E-state index is 3.89. The Kier molecular flexibility index (Phi) is 4.69. The molecule has 3 saturated carbocycles. The standard InChI is InChI=1S/C20H37N/c1-19(2,3)17-10-12-20(13-11-17,15-21-18-8-9-18)14-16-6-4-5-7-16/h16-18,21H,4-15H2,1-3H3. The van der Waals surface area contributed by atoms with Gasteiger partial charge in [0.15, 0.2) is 0 Å². The van der Waals surface area contributed by atoms with E-state index in [0.29, 0.717) is 10.8 Å². The molecule has 1 nitrogen and oxygen atoms in total. The van der Waals surface area contributed by atoms with Crippen LogP contribution in [0.2, 0.25) is 0 Å². The molecule has 0 aromatic rings. The molecule has 0 spiro atoms. The SMILES string of the molecule is CC(C)(C)C1CCC(CNC2CC2)(CC2CCCC2)CC1. The highest BCUT2D eigenvalue weighted by molar-refractivity contribution is 4.94. The summed E-state index contributed by atoms with van der Waals surface area (Å²) in [7, 11) is 0. The first kappa shape index (κ1) is 15.8. The van der Waals surface area contributed by atoms with Gasteiger partial charge in [-0.3, -0.25) is 0 Å². The van der Waals surface area contributed by atoms with E-state index in [1.807, 2.05) is 0 Å². The zero-order chi connectivity index (χ0) is 14.9. The second-order valence-corrected chi connectivity index (χ2v) is 9.65. The summed E-state index contributed by atoms with van der Waals surface area (Å²) in [6.45, 7) is 8.67. The van der Waals surface area contributed by atoms with E-state index in [1.54, 1.807) is 0 Å². The van der Waals surface area contributed by atoms with Crippen LogP contribution in [0.5, 0.6) is 0 Å². The third-order valence-corrected chi connectivity index (χ3v) is 6.81. The lowest BCUT2D eigenvalue weighted by Crippen LogP contribution is -2.41. The van der Waals surface area contributed by atoms with Crippen molar-refractivity contribution in [2.45, 2.75) is 97.4 Å². The first-order valence-electron chi connectivity index (χ1n) is 9.70. The number of hydrogen-bond donors (Lipinski definition) is 1. The average molecular weight is 292 g/mol. The summed E-state index contributed by atoms with van der Waals surface area (Å²) in [6.07, 6.45) is 16.4. The zero-order valence-electron chi connectivity index (χ0n) is 14.7. The fourth-order valence-corrected chi connectivity index (χ4v) is 5.02. The average Bonchev–Trinajstić information content (AvgIpc) is 3.13. The van der Waals surface area contributed by atoms with Crippen molar-refractivity contribution in [3.8, 4) is 0 Å². The molecule has 3 fully saturated rings. The van der Waals surface area contributed by atoms with Gasteiger partial charge >= 0.3 is 0 Å². The van der Waals surface area contributed by atoms with Crippen molar-refractivity contribution in [1.29, 1.82) is 0 Å². The van der Waals surface area contributed by atoms with Gasteiger partial charge in [-0.05, 0) is 67.6 Å². The van der Waals surface area contributed by atoms with E-state index in [0.717, 1.165) is 17.9 Å². The van der Waals surface area contributed by atoms with Gasteiger partial charge in [-0.1, -0.05) is 46.5 Å². The highest BCUT2D eigenvalue weighted by atomic mass is 15.0. The molecule has 21 heavy (non-hydrogen) atoms. The maximum Gasteiger partial charge on any atom is 0.00684 e. The van der Waals surface area contributed by atoms with Crippen molar-refractivity contribution in [2.75, 3.05) is 6.54 Å². The van der Waals surface area contributed by atoms with E-state index in [2.05, 4.69) is 26.1 Å². The van der Waals surface area contributed by atoms with Crippen molar-refractivity contribution in [2.24, 2.45) is 22.7 Å². The Labute approximate surface area is 132 Å². The highest BCUT2D eigenvalue weighted by Crippen LogP contribution is 2.49. The molecule has 0 saturated heterocycles. The first-order valence-corrected chi connectivity index (χ1v) is 9.70. The fourth-order valence-electron chi connectivity index (χ4n) is 5.02. The molecule has 0 amide bonds. The molecular weight excluding hydrogens is 254 g/mol. The van der Waals surface area contributed by atoms with Crippen LogP contribution in [0.3, 0.4) is 0 Å². The van der Waals surface area contributed by atoms with Gasteiger partial charge in [0, 0.05) is 12.6 Å². The smallest absolute Gasteiger partial charge is 0.00684 e. The Morgan fingerprint density at radius 3 is 2.05 bits per heavy atom. The number of rotatable bonds is 5. The van der Waals surface area contributed by atoms with Crippen LogP contribution in [0.4, 0.5) is 0 Å². The van der Waals surface area contributed by atoms with Gasteiger partial charge in [0.25, 0.3) is 0 Å². The lowest BCUT2D eigenvalue weighted by Gasteiger charge is -2.45. The van der Waals surface area contributed by atoms with Crippen molar-refractivity contribution in [1.82, 2.24) is 5.32 Å². The molecule has 0 aromatic heterocycles. The Hall–Kier alpha value is -0.0400. The molecule has 122 valence electrons. The highest BCUT2D eigenvalue weighted by Gasteiger charge is 2.41. The molecule has 0 bridgehead atoms. The molecule has 0 aliphatic heterocycles. The summed E-state index contributed by atoms with van der Waals surface area (Å²) in [6, 6.07) is 0.880. The van der Waals surface area contributed by atoms with E-state index < -0.39 is 0 Å². The molecule has 0 heterocycles.